The number of ketones is 1. The van der Waals surface area contributed by atoms with Gasteiger partial charge in [0.1, 0.15) is 0 Å². The number of carbonyl (C=O) groups is 1. The van der Waals surface area contributed by atoms with Crippen LogP contribution in [0.25, 0.3) is 0 Å². The van der Waals surface area contributed by atoms with E-state index in [4.69, 9.17) is 21.1 Å². The lowest BCUT2D eigenvalue weighted by Crippen LogP contribution is -2.03. The Labute approximate surface area is 129 Å². The molecule has 0 atom stereocenters. The van der Waals surface area contributed by atoms with Crippen LogP contribution < -0.4 is 9.47 Å². The molecule has 2 aromatic carbocycles. The van der Waals surface area contributed by atoms with Crippen LogP contribution in [0.15, 0.2) is 42.5 Å². The summed E-state index contributed by atoms with van der Waals surface area (Å²) in [6, 6.07) is 13.1. The topological polar surface area (TPSA) is 35.5 Å². The highest BCUT2D eigenvalue weighted by Gasteiger charge is 2.15. The maximum Gasteiger partial charge on any atom is 0.164 e. The van der Waals surface area contributed by atoms with Crippen molar-refractivity contribution in [1.82, 2.24) is 0 Å². The second-order valence-electron chi connectivity index (χ2n) is 4.60. The van der Waals surface area contributed by atoms with Gasteiger partial charge in [0.2, 0.25) is 0 Å². The van der Waals surface area contributed by atoms with E-state index in [-0.39, 0.29) is 5.78 Å². The van der Waals surface area contributed by atoms with Gasteiger partial charge in [0.15, 0.2) is 17.3 Å². The number of hydrogen-bond donors (Lipinski definition) is 0. The molecule has 0 radical (unpaired) electrons. The predicted octanol–water partition coefficient (Wildman–Crippen LogP) is 4.17. The average molecular weight is 305 g/mol. The molecule has 21 heavy (non-hydrogen) atoms. The van der Waals surface area contributed by atoms with Crippen LogP contribution in [0.5, 0.6) is 11.5 Å². The normalized spacial score (nSPS) is 10.2. The zero-order chi connectivity index (χ0) is 15.2. The first-order chi connectivity index (χ1) is 10.2. The first-order valence-corrected chi connectivity index (χ1v) is 7.02. The number of halogens is 1. The van der Waals surface area contributed by atoms with Crippen molar-refractivity contribution in [2.45, 2.75) is 12.8 Å². The monoisotopic (exact) mass is 304 g/mol. The van der Waals surface area contributed by atoms with Crippen LogP contribution in [0.4, 0.5) is 0 Å². The Balaban J connectivity index is 2.15. The van der Waals surface area contributed by atoms with Gasteiger partial charge in [0.05, 0.1) is 19.2 Å². The lowest BCUT2D eigenvalue weighted by atomic mass is 10.0. The first kappa shape index (κ1) is 15.4. The number of methoxy groups -OCH3 is 2. The van der Waals surface area contributed by atoms with Crippen molar-refractivity contribution in [3.8, 4) is 11.5 Å². The van der Waals surface area contributed by atoms with Gasteiger partial charge < -0.3 is 9.47 Å². The van der Waals surface area contributed by atoms with E-state index in [2.05, 4.69) is 0 Å². The number of hydrogen-bond acceptors (Lipinski definition) is 3. The molecule has 0 saturated carbocycles. The van der Waals surface area contributed by atoms with Crippen molar-refractivity contribution < 1.29 is 14.3 Å². The molecule has 0 amide bonds. The summed E-state index contributed by atoms with van der Waals surface area (Å²) in [7, 11) is 3.06. The van der Waals surface area contributed by atoms with Gasteiger partial charge >= 0.3 is 0 Å². The molecule has 0 heterocycles. The average Bonchev–Trinajstić information content (AvgIpc) is 2.53. The fraction of sp³-hybridized carbons (Fsp3) is 0.235. The molecule has 2 rings (SSSR count). The molecule has 110 valence electrons. The van der Waals surface area contributed by atoms with Crippen LogP contribution in [-0.2, 0) is 6.42 Å². The standard InChI is InChI=1S/C17H17ClO3/c1-20-16-10-13(14(18)11-17(16)21-2)15(19)9-8-12-6-4-3-5-7-12/h3-7,10-11H,8-9H2,1-2H3. The molecular weight excluding hydrogens is 288 g/mol. The van der Waals surface area contributed by atoms with Gasteiger partial charge in [-0.1, -0.05) is 41.9 Å². The highest BCUT2D eigenvalue weighted by atomic mass is 35.5. The van der Waals surface area contributed by atoms with E-state index in [9.17, 15) is 4.79 Å². The van der Waals surface area contributed by atoms with E-state index < -0.39 is 0 Å². The molecule has 0 N–H and O–H groups in total. The SMILES string of the molecule is COc1cc(Cl)c(C(=O)CCc2ccccc2)cc1OC. The minimum Gasteiger partial charge on any atom is -0.493 e. The van der Waals surface area contributed by atoms with Gasteiger partial charge in [-0.15, -0.1) is 0 Å². The molecule has 0 unspecified atom stereocenters. The van der Waals surface area contributed by atoms with E-state index in [0.717, 1.165) is 5.56 Å². The Bertz CT molecular complexity index is 623. The second kappa shape index (κ2) is 7.14. The van der Waals surface area contributed by atoms with Crippen molar-refractivity contribution in [3.63, 3.8) is 0 Å². The number of Topliss-reactive ketones (excluding diaryl/α,β-unsaturated/α-hetero) is 1. The summed E-state index contributed by atoms with van der Waals surface area (Å²) in [6.45, 7) is 0. The summed E-state index contributed by atoms with van der Waals surface area (Å²) < 4.78 is 10.4. The van der Waals surface area contributed by atoms with Crippen molar-refractivity contribution >= 4 is 17.4 Å². The third-order valence-corrected chi connectivity index (χ3v) is 3.57. The molecule has 0 aliphatic rings. The molecule has 2 aromatic rings. The van der Waals surface area contributed by atoms with Gasteiger partial charge in [-0.25, -0.2) is 0 Å². The van der Waals surface area contributed by atoms with Crippen molar-refractivity contribution in [1.29, 1.82) is 0 Å². The molecule has 0 saturated heterocycles. The third-order valence-electron chi connectivity index (χ3n) is 3.26. The van der Waals surface area contributed by atoms with E-state index in [1.807, 2.05) is 30.3 Å². The highest BCUT2D eigenvalue weighted by Crippen LogP contribution is 2.33. The Morgan fingerprint density at radius 2 is 1.67 bits per heavy atom. The van der Waals surface area contributed by atoms with Crippen LogP contribution in [0.1, 0.15) is 22.3 Å². The number of carbonyl (C=O) groups excluding carboxylic acids is 1. The quantitative estimate of drug-likeness (QED) is 0.751. The second-order valence-corrected chi connectivity index (χ2v) is 5.00. The molecule has 4 heteroatoms. The van der Waals surface area contributed by atoms with E-state index in [0.29, 0.717) is 34.9 Å². The number of aryl methyl sites for hydroxylation is 1. The largest absolute Gasteiger partial charge is 0.493 e. The number of rotatable bonds is 6. The van der Waals surface area contributed by atoms with Gasteiger partial charge in [0, 0.05) is 18.1 Å². The van der Waals surface area contributed by atoms with E-state index in [1.54, 1.807) is 12.1 Å². The van der Waals surface area contributed by atoms with Crippen LogP contribution in [-0.4, -0.2) is 20.0 Å². The summed E-state index contributed by atoms with van der Waals surface area (Å²) in [5.74, 6) is 1.01. The fourth-order valence-electron chi connectivity index (χ4n) is 2.11. The number of ether oxygens (including phenoxy) is 2. The molecule has 3 nitrogen and oxygen atoms in total. The van der Waals surface area contributed by atoms with Gasteiger partial charge in [-0.2, -0.15) is 0 Å². The van der Waals surface area contributed by atoms with Gasteiger partial charge in [-0.05, 0) is 18.1 Å². The zero-order valence-electron chi connectivity index (χ0n) is 12.1. The molecule has 0 aliphatic carbocycles. The predicted molar refractivity (Wildman–Crippen MR) is 83.6 cm³/mol. The van der Waals surface area contributed by atoms with Crippen molar-refractivity contribution in [3.05, 3.63) is 58.6 Å². The zero-order valence-corrected chi connectivity index (χ0v) is 12.8. The van der Waals surface area contributed by atoms with Crippen LogP contribution in [0.3, 0.4) is 0 Å². The highest BCUT2D eigenvalue weighted by molar-refractivity contribution is 6.34. The lowest BCUT2D eigenvalue weighted by molar-refractivity contribution is 0.0982. The summed E-state index contributed by atoms with van der Waals surface area (Å²) in [4.78, 5) is 12.3. The molecule has 0 spiro atoms. The Hall–Kier alpha value is -2.00. The molecular formula is C17H17ClO3. The van der Waals surface area contributed by atoms with E-state index >= 15 is 0 Å². The van der Waals surface area contributed by atoms with Gasteiger partial charge in [-0.3, -0.25) is 4.79 Å². The smallest absolute Gasteiger partial charge is 0.164 e. The van der Waals surface area contributed by atoms with Crippen LogP contribution in [0, 0.1) is 0 Å². The van der Waals surface area contributed by atoms with E-state index in [1.165, 1.54) is 14.2 Å². The Kier molecular flexibility index (Phi) is 5.23. The molecule has 0 aliphatic heterocycles. The fourth-order valence-corrected chi connectivity index (χ4v) is 2.36. The minimum atomic E-state index is -0.00944. The van der Waals surface area contributed by atoms with Gasteiger partial charge in [0.25, 0.3) is 0 Å². The van der Waals surface area contributed by atoms with Crippen molar-refractivity contribution in [2.24, 2.45) is 0 Å². The molecule has 0 bridgehead atoms. The first-order valence-electron chi connectivity index (χ1n) is 6.64. The summed E-state index contributed by atoms with van der Waals surface area (Å²) in [5.41, 5.74) is 1.59. The summed E-state index contributed by atoms with van der Waals surface area (Å²) in [6.07, 6.45) is 1.09. The Morgan fingerprint density at radius 1 is 1.05 bits per heavy atom. The maximum atomic E-state index is 12.3. The molecule has 0 fully saturated rings. The maximum absolute atomic E-state index is 12.3. The summed E-state index contributed by atoms with van der Waals surface area (Å²) in [5, 5.41) is 0.380. The Morgan fingerprint density at radius 3 is 2.29 bits per heavy atom. The molecule has 0 aromatic heterocycles. The summed E-state index contributed by atoms with van der Waals surface area (Å²) >= 11 is 6.16. The lowest BCUT2D eigenvalue weighted by Gasteiger charge is -2.11. The van der Waals surface area contributed by atoms with Crippen molar-refractivity contribution in [2.75, 3.05) is 14.2 Å². The van der Waals surface area contributed by atoms with Crippen LogP contribution >= 0.6 is 11.6 Å². The number of benzene rings is 2. The van der Waals surface area contributed by atoms with Crippen LogP contribution in [0.2, 0.25) is 5.02 Å². The third kappa shape index (κ3) is 3.76. The minimum absolute atomic E-state index is 0.00944.